The van der Waals surface area contributed by atoms with Gasteiger partial charge in [0, 0.05) is 11.6 Å². The van der Waals surface area contributed by atoms with Gasteiger partial charge in [-0.3, -0.25) is 4.79 Å². The van der Waals surface area contributed by atoms with E-state index in [1.54, 1.807) is 6.07 Å². The van der Waals surface area contributed by atoms with Gasteiger partial charge >= 0.3 is 0 Å². The standard InChI is InChI=1S/C4H7NO2.C3H3N/c1-3(2-6)4(5)7;1-2-3-4/h6H,1-2H2,(H2,5,7);2H,1H2. The number of aliphatic hydroxyl groups is 1. The molecule has 1 amide bonds. The number of amides is 1. The first-order valence-electron chi connectivity index (χ1n) is 2.69. The molecular weight excluding hydrogens is 144 g/mol. The Morgan fingerprint density at radius 2 is 2.18 bits per heavy atom. The van der Waals surface area contributed by atoms with E-state index in [1.165, 1.54) is 6.08 Å². The molecule has 3 N–H and O–H groups in total. The lowest BCUT2D eigenvalue weighted by Crippen LogP contribution is -2.14. The number of rotatable bonds is 2. The fourth-order valence-corrected chi connectivity index (χ4v) is 0.0779. The second-order valence-corrected chi connectivity index (χ2v) is 1.46. The number of carbonyl (C=O) groups is 1. The summed E-state index contributed by atoms with van der Waals surface area (Å²) in [6.45, 7) is 5.91. The Balaban J connectivity index is 0. The van der Waals surface area contributed by atoms with Gasteiger partial charge in [-0.05, 0) is 0 Å². The molecule has 4 nitrogen and oxygen atoms in total. The third-order valence-electron chi connectivity index (χ3n) is 0.631. The number of carbonyl (C=O) groups excluding carboxylic acids is 1. The van der Waals surface area contributed by atoms with Gasteiger partial charge in [-0.25, -0.2) is 0 Å². The summed E-state index contributed by atoms with van der Waals surface area (Å²) >= 11 is 0. The molecule has 0 saturated heterocycles. The maximum atomic E-state index is 9.89. The zero-order valence-electron chi connectivity index (χ0n) is 6.08. The number of nitrogens with zero attached hydrogens (tertiary/aromatic N) is 1. The zero-order valence-corrected chi connectivity index (χ0v) is 6.08. The van der Waals surface area contributed by atoms with Crippen LogP contribution in [0.25, 0.3) is 0 Å². The van der Waals surface area contributed by atoms with Crippen LogP contribution in [0, 0.1) is 11.3 Å². The largest absolute Gasteiger partial charge is 0.391 e. The van der Waals surface area contributed by atoms with Crippen molar-refractivity contribution in [2.75, 3.05) is 6.61 Å². The fourth-order valence-electron chi connectivity index (χ4n) is 0.0779. The topological polar surface area (TPSA) is 87.1 Å². The van der Waals surface area contributed by atoms with Crippen LogP contribution in [0.15, 0.2) is 24.8 Å². The summed E-state index contributed by atoms with van der Waals surface area (Å²) in [6.07, 6.45) is 1.18. The molecule has 0 aliphatic carbocycles. The molecule has 0 unspecified atom stereocenters. The highest BCUT2D eigenvalue weighted by Crippen LogP contribution is 1.80. The molecule has 0 rings (SSSR count). The molecule has 0 atom stereocenters. The number of aliphatic hydroxyl groups excluding tert-OH is 1. The molecule has 0 spiro atoms. The van der Waals surface area contributed by atoms with Gasteiger partial charge in [-0.2, -0.15) is 5.26 Å². The van der Waals surface area contributed by atoms with E-state index in [-0.39, 0.29) is 12.2 Å². The average molecular weight is 154 g/mol. The van der Waals surface area contributed by atoms with Crippen molar-refractivity contribution in [2.24, 2.45) is 5.73 Å². The summed E-state index contributed by atoms with van der Waals surface area (Å²) in [5.74, 6) is -0.650. The van der Waals surface area contributed by atoms with Crippen LogP contribution in [0.1, 0.15) is 0 Å². The number of nitrogens with two attached hydrogens (primary N) is 1. The third-order valence-corrected chi connectivity index (χ3v) is 0.631. The van der Waals surface area contributed by atoms with Gasteiger partial charge in [0.15, 0.2) is 0 Å². The van der Waals surface area contributed by atoms with Crippen molar-refractivity contribution < 1.29 is 9.90 Å². The first-order valence-corrected chi connectivity index (χ1v) is 2.69. The minimum atomic E-state index is -0.650. The van der Waals surface area contributed by atoms with E-state index in [9.17, 15) is 4.79 Å². The lowest BCUT2D eigenvalue weighted by Gasteiger charge is -1.88. The van der Waals surface area contributed by atoms with E-state index in [0.29, 0.717) is 0 Å². The third kappa shape index (κ3) is 11.8. The SMILES string of the molecule is C=C(CO)C(N)=O.C=CC#N. The summed E-state index contributed by atoms with van der Waals surface area (Å²) < 4.78 is 0. The van der Waals surface area contributed by atoms with Gasteiger partial charge in [-0.1, -0.05) is 13.2 Å². The Bertz CT molecular complexity index is 191. The molecule has 0 fully saturated rings. The maximum Gasteiger partial charge on any atom is 0.246 e. The molecule has 0 aromatic carbocycles. The second-order valence-electron chi connectivity index (χ2n) is 1.46. The molecule has 0 saturated carbocycles. The molecule has 60 valence electrons. The van der Waals surface area contributed by atoms with Crippen molar-refractivity contribution in [3.05, 3.63) is 24.8 Å². The van der Waals surface area contributed by atoms with Gasteiger partial charge in [-0.15, -0.1) is 0 Å². The Hall–Kier alpha value is -1.60. The average Bonchev–Trinajstić information content (AvgIpc) is 2.03. The van der Waals surface area contributed by atoms with Gasteiger partial charge in [0.25, 0.3) is 0 Å². The molecule has 4 heteroatoms. The van der Waals surface area contributed by atoms with Gasteiger partial charge in [0.1, 0.15) is 0 Å². The van der Waals surface area contributed by atoms with Crippen molar-refractivity contribution in [3.63, 3.8) is 0 Å². The highest BCUT2D eigenvalue weighted by molar-refractivity contribution is 5.91. The molecule has 0 bridgehead atoms. The highest BCUT2D eigenvalue weighted by Gasteiger charge is 1.94. The van der Waals surface area contributed by atoms with E-state index < -0.39 is 5.91 Å². The Labute approximate surface area is 65.2 Å². The Kier molecular flexibility index (Phi) is 9.25. The number of primary amides is 1. The maximum absolute atomic E-state index is 9.89. The van der Waals surface area contributed by atoms with Gasteiger partial charge in [0.05, 0.1) is 12.7 Å². The number of hydrogen-bond donors (Lipinski definition) is 2. The Morgan fingerprint density at radius 3 is 2.18 bits per heavy atom. The lowest BCUT2D eigenvalue weighted by atomic mass is 10.3. The van der Waals surface area contributed by atoms with E-state index in [0.717, 1.165) is 0 Å². The Morgan fingerprint density at radius 1 is 1.82 bits per heavy atom. The monoisotopic (exact) mass is 154 g/mol. The molecule has 0 aliphatic rings. The number of nitriles is 1. The van der Waals surface area contributed by atoms with Crippen molar-refractivity contribution >= 4 is 5.91 Å². The van der Waals surface area contributed by atoms with Crippen molar-refractivity contribution in [1.82, 2.24) is 0 Å². The minimum absolute atomic E-state index is 0.0417. The highest BCUT2D eigenvalue weighted by atomic mass is 16.3. The zero-order chi connectivity index (χ0) is 9.28. The van der Waals surface area contributed by atoms with E-state index in [2.05, 4.69) is 18.9 Å². The normalized spacial score (nSPS) is 6.55. The predicted octanol–water partition coefficient (Wildman–Crippen LogP) is -0.284. The second kappa shape index (κ2) is 8.40. The number of allylic oxidation sites excluding steroid dienone is 1. The smallest absolute Gasteiger partial charge is 0.246 e. The molecule has 0 aromatic heterocycles. The minimum Gasteiger partial charge on any atom is -0.391 e. The first kappa shape index (κ1) is 12.1. The summed E-state index contributed by atoms with van der Waals surface area (Å²) in [7, 11) is 0. The van der Waals surface area contributed by atoms with E-state index >= 15 is 0 Å². The molecule has 11 heavy (non-hydrogen) atoms. The summed E-state index contributed by atoms with van der Waals surface area (Å²) in [5.41, 5.74) is 4.69. The van der Waals surface area contributed by atoms with E-state index in [4.69, 9.17) is 10.4 Å². The van der Waals surface area contributed by atoms with Gasteiger partial charge in [0.2, 0.25) is 5.91 Å². The molecule has 0 aromatic rings. The molecular formula is C7H10N2O2. The van der Waals surface area contributed by atoms with Crippen LogP contribution in [0.2, 0.25) is 0 Å². The van der Waals surface area contributed by atoms with Crippen LogP contribution < -0.4 is 5.73 Å². The lowest BCUT2D eigenvalue weighted by molar-refractivity contribution is -0.114. The molecule has 0 heterocycles. The van der Waals surface area contributed by atoms with Crippen LogP contribution in [0.4, 0.5) is 0 Å². The van der Waals surface area contributed by atoms with Crippen molar-refractivity contribution in [1.29, 1.82) is 5.26 Å². The van der Waals surface area contributed by atoms with Crippen LogP contribution in [0.3, 0.4) is 0 Å². The summed E-state index contributed by atoms with van der Waals surface area (Å²) in [6, 6.07) is 1.69. The summed E-state index contributed by atoms with van der Waals surface area (Å²) in [5, 5.41) is 15.6. The quantitative estimate of drug-likeness (QED) is 0.423. The predicted molar refractivity (Wildman–Crippen MR) is 41.2 cm³/mol. The molecule has 0 radical (unpaired) electrons. The van der Waals surface area contributed by atoms with Crippen molar-refractivity contribution in [2.45, 2.75) is 0 Å². The number of hydrogen-bond acceptors (Lipinski definition) is 3. The fraction of sp³-hybridized carbons (Fsp3) is 0.143. The summed E-state index contributed by atoms with van der Waals surface area (Å²) in [4.78, 5) is 9.89. The van der Waals surface area contributed by atoms with Crippen LogP contribution in [0.5, 0.6) is 0 Å². The van der Waals surface area contributed by atoms with Crippen LogP contribution in [-0.2, 0) is 4.79 Å². The first-order chi connectivity index (χ1) is 5.09. The van der Waals surface area contributed by atoms with Gasteiger partial charge < -0.3 is 10.8 Å². The molecule has 0 aliphatic heterocycles. The van der Waals surface area contributed by atoms with Crippen LogP contribution >= 0.6 is 0 Å². The van der Waals surface area contributed by atoms with Crippen LogP contribution in [-0.4, -0.2) is 17.6 Å². The van der Waals surface area contributed by atoms with E-state index in [1.807, 2.05) is 0 Å². The van der Waals surface area contributed by atoms with Crippen molar-refractivity contribution in [3.8, 4) is 6.07 Å².